The van der Waals surface area contributed by atoms with Crippen molar-refractivity contribution in [3.05, 3.63) is 15.9 Å². The Labute approximate surface area is 116 Å². The van der Waals surface area contributed by atoms with Crippen LogP contribution in [0.5, 0.6) is 0 Å². The molecule has 0 atom stereocenters. The topological polar surface area (TPSA) is 56.1 Å². The maximum atomic E-state index is 11.7. The van der Waals surface area contributed by atoms with E-state index >= 15 is 0 Å². The average molecular weight is 318 g/mol. The summed E-state index contributed by atoms with van der Waals surface area (Å²) in [7, 11) is 0. The number of nitrogens with one attached hydrogen (secondary N) is 1. The molecule has 5 nitrogen and oxygen atoms in total. The zero-order valence-corrected chi connectivity index (χ0v) is 12.7. The van der Waals surface area contributed by atoms with Crippen LogP contribution in [0.2, 0.25) is 0 Å². The van der Waals surface area contributed by atoms with Gasteiger partial charge in [0.25, 0.3) is 0 Å². The van der Waals surface area contributed by atoms with Gasteiger partial charge < -0.3 is 10.1 Å². The molecule has 0 unspecified atom stereocenters. The first-order chi connectivity index (χ1) is 8.56. The van der Waals surface area contributed by atoms with Gasteiger partial charge in [-0.05, 0) is 43.1 Å². The van der Waals surface area contributed by atoms with Gasteiger partial charge >= 0.3 is 0 Å². The van der Waals surface area contributed by atoms with Gasteiger partial charge in [-0.1, -0.05) is 0 Å². The van der Waals surface area contributed by atoms with Crippen molar-refractivity contribution in [3.8, 4) is 0 Å². The fourth-order valence-corrected chi connectivity index (χ4v) is 1.85. The molecule has 102 valence electrons. The fourth-order valence-electron chi connectivity index (χ4n) is 1.57. The van der Waals surface area contributed by atoms with Gasteiger partial charge in [0.05, 0.1) is 15.9 Å². The standard InChI is InChI=1S/C12H20BrN3O2/c1-4-18-7-5-6-14-11(17)8-16-10(3)12(13)9(2)15-16/h4-8H2,1-3H3,(H,14,17). The Morgan fingerprint density at radius 3 is 2.78 bits per heavy atom. The third kappa shape index (κ3) is 4.42. The van der Waals surface area contributed by atoms with Crippen LogP contribution in [0.3, 0.4) is 0 Å². The van der Waals surface area contributed by atoms with Gasteiger partial charge in [-0.25, -0.2) is 0 Å². The zero-order valence-electron chi connectivity index (χ0n) is 11.1. The number of carbonyl (C=O) groups is 1. The van der Waals surface area contributed by atoms with Crippen molar-refractivity contribution in [2.45, 2.75) is 33.7 Å². The third-order valence-electron chi connectivity index (χ3n) is 2.58. The van der Waals surface area contributed by atoms with Crippen LogP contribution in [0, 0.1) is 13.8 Å². The van der Waals surface area contributed by atoms with E-state index in [1.54, 1.807) is 4.68 Å². The predicted molar refractivity (Wildman–Crippen MR) is 73.5 cm³/mol. The fraction of sp³-hybridized carbons (Fsp3) is 0.667. The molecule has 0 spiro atoms. The summed E-state index contributed by atoms with van der Waals surface area (Å²) in [6, 6.07) is 0. The monoisotopic (exact) mass is 317 g/mol. The number of carbonyl (C=O) groups excluding carboxylic acids is 1. The third-order valence-corrected chi connectivity index (χ3v) is 3.73. The van der Waals surface area contributed by atoms with E-state index in [4.69, 9.17) is 4.74 Å². The minimum atomic E-state index is -0.0235. The Morgan fingerprint density at radius 1 is 1.50 bits per heavy atom. The van der Waals surface area contributed by atoms with Crippen LogP contribution in [0.4, 0.5) is 0 Å². The smallest absolute Gasteiger partial charge is 0.241 e. The van der Waals surface area contributed by atoms with Gasteiger partial charge in [-0.15, -0.1) is 0 Å². The van der Waals surface area contributed by atoms with Crippen LogP contribution in [0.1, 0.15) is 24.7 Å². The van der Waals surface area contributed by atoms with Crippen molar-refractivity contribution >= 4 is 21.8 Å². The molecule has 18 heavy (non-hydrogen) atoms. The highest BCUT2D eigenvalue weighted by Crippen LogP contribution is 2.19. The van der Waals surface area contributed by atoms with E-state index in [-0.39, 0.29) is 12.5 Å². The van der Waals surface area contributed by atoms with Crippen molar-refractivity contribution in [2.24, 2.45) is 0 Å². The predicted octanol–water partition coefficient (Wildman–Crippen LogP) is 1.81. The van der Waals surface area contributed by atoms with Crippen LogP contribution in [0.15, 0.2) is 4.47 Å². The molecule has 1 rings (SSSR count). The second-order valence-electron chi connectivity index (χ2n) is 4.04. The molecular weight excluding hydrogens is 298 g/mol. The Balaban J connectivity index is 2.33. The number of rotatable bonds is 7. The van der Waals surface area contributed by atoms with Crippen molar-refractivity contribution in [2.75, 3.05) is 19.8 Å². The van der Waals surface area contributed by atoms with Crippen molar-refractivity contribution in [3.63, 3.8) is 0 Å². The number of aromatic nitrogens is 2. The zero-order chi connectivity index (χ0) is 13.5. The lowest BCUT2D eigenvalue weighted by atomic mass is 10.4. The molecule has 0 radical (unpaired) electrons. The van der Waals surface area contributed by atoms with Gasteiger partial charge in [0.2, 0.25) is 5.91 Å². The molecule has 0 aliphatic rings. The average Bonchev–Trinajstić information content (AvgIpc) is 2.57. The molecule has 0 saturated heterocycles. The molecule has 1 amide bonds. The van der Waals surface area contributed by atoms with Gasteiger partial charge in [0.15, 0.2) is 0 Å². The van der Waals surface area contributed by atoms with Crippen molar-refractivity contribution in [1.82, 2.24) is 15.1 Å². The van der Waals surface area contributed by atoms with Crippen LogP contribution in [0.25, 0.3) is 0 Å². The Bertz CT molecular complexity index is 404. The van der Waals surface area contributed by atoms with E-state index in [0.717, 1.165) is 22.3 Å². The second kappa shape index (κ2) is 7.53. The first-order valence-electron chi connectivity index (χ1n) is 6.10. The Hall–Kier alpha value is -0.880. The maximum Gasteiger partial charge on any atom is 0.241 e. The quantitative estimate of drug-likeness (QED) is 0.780. The molecule has 1 aromatic heterocycles. The summed E-state index contributed by atoms with van der Waals surface area (Å²) < 4.78 is 7.87. The summed E-state index contributed by atoms with van der Waals surface area (Å²) in [5.41, 5.74) is 1.87. The first-order valence-corrected chi connectivity index (χ1v) is 6.89. The SMILES string of the molecule is CCOCCCNC(=O)Cn1nc(C)c(Br)c1C. The number of nitrogens with zero attached hydrogens (tertiary/aromatic N) is 2. The summed E-state index contributed by atoms with van der Waals surface area (Å²) in [4.78, 5) is 11.7. The van der Waals surface area contributed by atoms with Crippen LogP contribution >= 0.6 is 15.9 Å². The van der Waals surface area contributed by atoms with E-state index < -0.39 is 0 Å². The summed E-state index contributed by atoms with van der Waals surface area (Å²) in [5, 5.41) is 7.14. The van der Waals surface area contributed by atoms with Crippen LogP contribution in [-0.2, 0) is 16.1 Å². The lowest BCUT2D eigenvalue weighted by Crippen LogP contribution is -2.29. The van der Waals surface area contributed by atoms with Gasteiger partial charge in [-0.2, -0.15) is 5.10 Å². The molecule has 1 N–H and O–H groups in total. The molecule has 0 bridgehead atoms. The Morgan fingerprint density at radius 2 is 2.22 bits per heavy atom. The van der Waals surface area contributed by atoms with Crippen molar-refractivity contribution in [1.29, 1.82) is 0 Å². The molecule has 0 aromatic carbocycles. The van der Waals surface area contributed by atoms with E-state index in [1.165, 1.54) is 0 Å². The summed E-state index contributed by atoms with van der Waals surface area (Å²) in [6.07, 6.45) is 0.834. The second-order valence-corrected chi connectivity index (χ2v) is 4.84. The highest BCUT2D eigenvalue weighted by atomic mass is 79.9. The lowest BCUT2D eigenvalue weighted by Gasteiger charge is -2.06. The molecule has 1 heterocycles. The van der Waals surface area contributed by atoms with E-state index in [0.29, 0.717) is 19.8 Å². The maximum absolute atomic E-state index is 11.7. The highest BCUT2D eigenvalue weighted by molar-refractivity contribution is 9.10. The minimum Gasteiger partial charge on any atom is -0.382 e. The number of aryl methyl sites for hydroxylation is 1. The molecule has 0 saturated carbocycles. The molecular formula is C12H20BrN3O2. The normalized spacial score (nSPS) is 10.7. The number of amides is 1. The first kappa shape index (κ1) is 15.2. The van der Waals surface area contributed by atoms with E-state index in [2.05, 4.69) is 26.3 Å². The van der Waals surface area contributed by atoms with Gasteiger partial charge in [-0.3, -0.25) is 9.48 Å². The highest BCUT2D eigenvalue weighted by Gasteiger charge is 2.11. The number of halogens is 1. The molecule has 1 aromatic rings. The summed E-state index contributed by atoms with van der Waals surface area (Å²) in [5.74, 6) is -0.0235. The number of ether oxygens (including phenoxy) is 1. The summed E-state index contributed by atoms with van der Waals surface area (Å²) >= 11 is 3.44. The minimum absolute atomic E-state index is 0.0235. The molecule has 0 aliphatic carbocycles. The Kier molecular flexibility index (Phi) is 6.35. The lowest BCUT2D eigenvalue weighted by molar-refractivity contribution is -0.121. The van der Waals surface area contributed by atoms with Crippen LogP contribution in [-0.4, -0.2) is 35.4 Å². The van der Waals surface area contributed by atoms with Gasteiger partial charge in [0, 0.05) is 19.8 Å². The van der Waals surface area contributed by atoms with Gasteiger partial charge in [0.1, 0.15) is 6.54 Å². The summed E-state index contributed by atoms with van der Waals surface area (Å²) in [6.45, 7) is 8.10. The molecule has 0 aliphatic heterocycles. The molecule has 6 heteroatoms. The largest absolute Gasteiger partial charge is 0.382 e. The van der Waals surface area contributed by atoms with E-state index in [9.17, 15) is 4.79 Å². The van der Waals surface area contributed by atoms with E-state index in [1.807, 2.05) is 20.8 Å². The van der Waals surface area contributed by atoms with Crippen LogP contribution < -0.4 is 5.32 Å². The van der Waals surface area contributed by atoms with Crippen molar-refractivity contribution < 1.29 is 9.53 Å². The number of hydrogen-bond acceptors (Lipinski definition) is 3. The molecule has 0 fully saturated rings. The number of hydrogen-bond donors (Lipinski definition) is 1.